The maximum atomic E-state index is 12.7. The molecule has 0 radical (unpaired) electrons. The Morgan fingerprint density at radius 2 is 2.15 bits per heavy atom. The van der Waals surface area contributed by atoms with E-state index in [0.29, 0.717) is 24.1 Å². The molecule has 0 aromatic heterocycles. The van der Waals surface area contributed by atoms with Crippen LogP contribution in [-0.2, 0) is 25.7 Å². The average Bonchev–Trinajstić information content (AvgIpc) is 2.94. The molecule has 1 aromatic carbocycles. The van der Waals surface area contributed by atoms with Gasteiger partial charge in [0.25, 0.3) is 5.91 Å². The number of carbonyl (C=O) groups is 4. The van der Waals surface area contributed by atoms with Crippen molar-refractivity contribution in [2.45, 2.75) is 31.8 Å². The number of nitrogens with zero attached hydrogens (tertiary/aromatic N) is 1. The molecule has 1 fully saturated rings. The lowest BCUT2D eigenvalue weighted by molar-refractivity contribution is -0.138. The zero-order valence-corrected chi connectivity index (χ0v) is 14.5. The molecule has 1 aromatic rings. The highest BCUT2D eigenvalue weighted by molar-refractivity contribution is 6.05. The first-order valence-electron chi connectivity index (χ1n) is 8.51. The molecule has 0 saturated carbocycles. The lowest BCUT2D eigenvalue weighted by Gasteiger charge is -2.29. The molecule has 0 spiro atoms. The van der Waals surface area contributed by atoms with E-state index in [1.165, 1.54) is 4.90 Å². The standard InChI is InChI=1S/C19H18N2O6/c22-16-6-5-15(18(25)20-16)21-11-13-4-3-12(10-14(13)19(21)26)2-1-8-27-9-7-17(23)24/h3-4,10,15H,5-9,11H2,(H,23,24)(H,20,22,25). The maximum absolute atomic E-state index is 12.7. The van der Waals surface area contributed by atoms with Gasteiger partial charge in [0.15, 0.2) is 0 Å². The highest BCUT2D eigenvalue weighted by Gasteiger charge is 2.38. The van der Waals surface area contributed by atoms with Crippen LogP contribution >= 0.6 is 0 Å². The van der Waals surface area contributed by atoms with Crippen molar-refractivity contribution in [1.82, 2.24) is 10.2 Å². The zero-order chi connectivity index (χ0) is 19.4. The summed E-state index contributed by atoms with van der Waals surface area (Å²) in [7, 11) is 0. The van der Waals surface area contributed by atoms with Gasteiger partial charge < -0.3 is 14.7 Å². The third-order valence-electron chi connectivity index (χ3n) is 4.40. The van der Waals surface area contributed by atoms with Gasteiger partial charge in [0, 0.05) is 24.1 Å². The first kappa shape index (κ1) is 18.6. The highest BCUT2D eigenvalue weighted by atomic mass is 16.5. The van der Waals surface area contributed by atoms with E-state index in [1.54, 1.807) is 18.2 Å². The Morgan fingerprint density at radius 1 is 1.33 bits per heavy atom. The number of amides is 3. The highest BCUT2D eigenvalue weighted by Crippen LogP contribution is 2.28. The smallest absolute Gasteiger partial charge is 0.305 e. The third-order valence-corrected chi connectivity index (χ3v) is 4.40. The summed E-state index contributed by atoms with van der Waals surface area (Å²) in [4.78, 5) is 47.9. The fourth-order valence-corrected chi connectivity index (χ4v) is 3.05. The number of hydrogen-bond donors (Lipinski definition) is 2. The molecule has 1 unspecified atom stereocenters. The molecular formula is C19H18N2O6. The molecule has 27 heavy (non-hydrogen) atoms. The Kier molecular flexibility index (Phi) is 5.52. The van der Waals surface area contributed by atoms with Gasteiger partial charge in [0.2, 0.25) is 11.8 Å². The number of aliphatic carboxylic acids is 1. The second kappa shape index (κ2) is 8.01. The van der Waals surface area contributed by atoms with E-state index in [0.717, 1.165) is 5.56 Å². The van der Waals surface area contributed by atoms with Crippen LogP contribution in [0, 0.1) is 11.8 Å². The van der Waals surface area contributed by atoms with Crippen LogP contribution in [-0.4, -0.2) is 53.0 Å². The van der Waals surface area contributed by atoms with Gasteiger partial charge >= 0.3 is 5.97 Å². The van der Waals surface area contributed by atoms with Crippen LogP contribution in [0.2, 0.25) is 0 Å². The number of carbonyl (C=O) groups excluding carboxylic acids is 3. The van der Waals surface area contributed by atoms with Gasteiger partial charge in [-0.25, -0.2) is 0 Å². The molecule has 2 aliphatic heterocycles. The van der Waals surface area contributed by atoms with Gasteiger partial charge in [0.1, 0.15) is 12.6 Å². The van der Waals surface area contributed by atoms with E-state index in [9.17, 15) is 19.2 Å². The fraction of sp³-hybridized carbons (Fsp3) is 0.368. The number of piperidine rings is 1. The summed E-state index contributed by atoms with van der Waals surface area (Å²) in [6, 6.07) is 4.62. The van der Waals surface area contributed by atoms with E-state index >= 15 is 0 Å². The van der Waals surface area contributed by atoms with Crippen molar-refractivity contribution < 1.29 is 29.0 Å². The lowest BCUT2D eigenvalue weighted by atomic mass is 10.0. The van der Waals surface area contributed by atoms with Crippen LogP contribution in [0.5, 0.6) is 0 Å². The van der Waals surface area contributed by atoms with Crippen molar-refractivity contribution in [3.8, 4) is 11.8 Å². The minimum atomic E-state index is -0.930. The second-order valence-corrected chi connectivity index (χ2v) is 6.27. The normalized spacial score (nSPS) is 18.6. The SMILES string of the molecule is O=C(O)CCOCC#Cc1ccc2c(c1)C(=O)N(C1CCC(=O)NC1=O)C2. The Labute approximate surface area is 155 Å². The first-order valence-corrected chi connectivity index (χ1v) is 8.51. The van der Waals surface area contributed by atoms with Gasteiger partial charge in [-0.2, -0.15) is 0 Å². The Bertz CT molecular complexity index is 867. The molecule has 1 saturated heterocycles. The van der Waals surface area contributed by atoms with E-state index in [2.05, 4.69) is 17.2 Å². The second-order valence-electron chi connectivity index (χ2n) is 6.27. The van der Waals surface area contributed by atoms with Crippen molar-refractivity contribution in [3.63, 3.8) is 0 Å². The number of benzene rings is 1. The van der Waals surface area contributed by atoms with Crippen LogP contribution in [0.25, 0.3) is 0 Å². The first-order chi connectivity index (χ1) is 13.0. The number of carboxylic acids is 1. The quantitative estimate of drug-likeness (QED) is 0.438. The summed E-state index contributed by atoms with van der Waals surface area (Å²) >= 11 is 0. The molecule has 3 amide bonds. The summed E-state index contributed by atoms with van der Waals surface area (Å²) in [6.45, 7) is 0.515. The summed E-state index contributed by atoms with van der Waals surface area (Å²) in [5.74, 6) is 3.72. The van der Waals surface area contributed by atoms with Gasteiger partial charge in [-0.1, -0.05) is 17.9 Å². The van der Waals surface area contributed by atoms with Crippen molar-refractivity contribution in [3.05, 3.63) is 34.9 Å². The number of rotatable bonds is 5. The Hall–Kier alpha value is -3.18. The third kappa shape index (κ3) is 4.33. The van der Waals surface area contributed by atoms with Crippen molar-refractivity contribution in [1.29, 1.82) is 0 Å². The number of ether oxygens (including phenoxy) is 1. The van der Waals surface area contributed by atoms with E-state index in [-0.39, 0.29) is 37.9 Å². The number of imide groups is 1. The summed E-state index contributed by atoms with van der Waals surface area (Å²) in [5, 5.41) is 10.8. The predicted molar refractivity (Wildman–Crippen MR) is 92.4 cm³/mol. The largest absolute Gasteiger partial charge is 0.481 e. The maximum Gasteiger partial charge on any atom is 0.305 e. The molecule has 0 bridgehead atoms. The van der Waals surface area contributed by atoms with Crippen molar-refractivity contribution in [2.24, 2.45) is 0 Å². The van der Waals surface area contributed by atoms with Gasteiger partial charge in [-0.15, -0.1) is 0 Å². The van der Waals surface area contributed by atoms with Crippen LogP contribution in [0.15, 0.2) is 18.2 Å². The van der Waals surface area contributed by atoms with Gasteiger partial charge in [-0.3, -0.25) is 24.5 Å². The molecule has 2 N–H and O–H groups in total. The summed E-state index contributed by atoms with van der Waals surface area (Å²) in [5.41, 5.74) is 1.94. The van der Waals surface area contributed by atoms with E-state index < -0.39 is 17.9 Å². The number of hydrogen-bond acceptors (Lipinski definition) is 5. The molecule has 1 atom stereocenters. The Morgan fingerprint density at radius 3 is 2.89 bits per heavy atom. The van der Waals surface area contributed by atoms with Crippen molar-refractivity contribution in [2.75, 3.05) is 13.2 Å². The van der Waals surface area contributed by atoms with Crippen LogP contribution < -0.4 is 5.32 Å². The van der Waals surface area contributed by atoms with E-state index in [1.807, 2.05) is 0 Å². The van der Waals surface area contributed by atoms with Crippen LogP contribution in [0.4, 0.5) is 0 Å². The molecule has 2 aliphatic rings. The molecule has 8 nitrogen and oxygen atoms in total. The average molecular weight is 370 g/mol. The molecule has 3 rings (SSSR count). The minimum absolute atomic E-state index is 0.0782. The number of carboxylic acid groups (broad SMARTS) is 1. The Balaban J connectivity index is 1.64. The molecule has 2 heterocycles. The summed E-state index contributed by atoms with van der Waals surface area (Å²) < 4.78 is 5.10. The van der Waals surface area contributed by atoms with Crippen LogP contribution in [0.3, 0.4) is 0 Å². The molecular weight excluding hydrogens is 352 g/mol. The predicted octanol–water partition coefficient (Wildman–Crippen LogP) is 0.290. The topological polar surface area (TPSA) is 113 Å². The van der Waals surface area contributed by atoms with Gasteiger partial charge in [-0.05, 0) is 24.1 Å². The van der Waals surface area contributed by atoms with Crippen LogP contribution in [0.1, 0.15) is 40.7 Å². The molecule has 140 valence electrons. The lowest BCUT2D eigenvalue weighted by Crippen LogP contribution is -2.52. The summed E-state index contributed by atoms with van der Waals surface area (Å²) in [6.07, 6.45) is 0.463. The monoisotopic (exact) mass is 370 g/mol. The fourth-order valence-electron chi connectivity index (χ4n) is 3.05. The zero-order valence-electron chi connectivity index (χ0n) is 14.5. The van der Waals surface area contributed by atoms with E-state index in [4.69, 9.17) is 9.84 Å². The number of nitrogens with one attached hydrogen (secondary N) is 1. The van der Waals surface area contributed by atoms with Crippen molar-refractivity contribution >= 4 is 23.7 Å². The minimum Gasteiger partial charge on any atom is -0.481 e. The van der Waals surface area contributed by atoms with Gasteiger partial charge in [0.05, 0.1) is 13.0 Å². The molecule has 8 heteroatoms. The number of fused-ring (bicyclic) bond motifs is 1. The molecule has 0 aliphatic carbocycles.